The van der Waals surface area contributed by atoms with Crippen molar-refractivity contribution in [1.82, 2.24) is 15.5 Å². The summed E-state index contributed by atoms with van der Waals surface area (Å²) in [5.41, 5.74) is -0.0704. The first-order chi connectivity index (χ1) is 13.0. The molecule has 0 spiro atoms. The number of aromatic nitrogens is 2. The Bertz CT molecular complexity index is 991. The van der Waals surface area contributed by atoms with Gasteiger partial charge in [0.2, 0.25) is 5.89 Å². The molecule has 1 aromatic carbocycles. The highest BCUT2D eigenvalue weighted by Crippen LogP contribution is 2.39. The molecule has 27 heavy (non-hydrogen) atoms. The number of hydrogen-bond acceptors (Lipinski definition) is 6. The first-order valence-corrected chi connectivity index (χ1v) is 9.68. The summed E-state index contributed by atoms with van der Waals surface area (Å²) in [4.78, 5) is 18.0. The number of nitrogens with one attached hydrogen (secondary N) is 1. The maximum atomic E-state index is 14.4. The summed E-state index contributed by atoms with van der Waals surface area (Å²) >= 11 is 1.27. The lowest BCUT2D eigenvalue weighted by Crippen LogP contribution is -2.44. The summed E-state index contributed by atoms with van der Waals surface area (Å²) in [7, 11) is 1.53. The predicted octanol–water partition coefficient (Wildman–Crippen LogP) is 4.08. The third-order valence-electron chi connectivity index (χ3n) is 5.02. The van der Waals surface area contributed by atoms with Crippen molar-refractivity contribution in [2.24, 2.45) is 0 Å². The molecule has 0 bridgehead atoms. The minimum atomic E-state index is -0.645. The van der Waals surface area contributed by atoms with Crippen molar-refractivity contribution in [1.29, 1.82) is 0 Å². The normalized spacial score (nSPS) is 16.1. The Hall–Kier alpha value is -2.32. The van der Waals surface area contributed by atoms with Crippen LogP contribution in [0.5, 0.6) is 0 Å². The molecule has 0 unspecified atom stereocenters. The van der Waals surface area contributed by atoms with Crippen LogP contribution >= 0.6 is 11.3 Å². The molecule has 1 saturated carbocycles. The summed E-state index contributed by atoms with van der Waals surface area (Å²) < 4.78 is 25.5. The SMILES string of the molecule is COCc1c(C(=O)NC2(c3noc(C)n3)CCCC2)sc2cccc(F)c12. The van der Waals surface area contributed by atoms with Crippen LogP contribution in [0.25, 0.3) is 10.1 Å². The molecule has 1 fully saturated rings. The molecule has 1 aliphatic carbocycles. The van der Waals surface area contributed by atoms with Gasteiger partial charge < -0.3 is 14.6 Å². The fraction of sp³-hybridized carbons (Fsp3) is 0.421. The number of ether oxygens (including phenoxy) is 1. The van der Waals surface area contributed by atoms with Crippen LogP contribution in [0.1, 0.15) is 52.6 Å². The van der Waals surface area contributed by atoms with Crippen LogP contribution in [-0.2, 0) is 16.9 Å². The largest absolute Gasteiger partial charge is 0.380 e. The lowest BCUT2D eigenvalue weighted by molar-refractivity contribution is 0.0892. The van der Waals surface area contributed by atoms with Crippen molar-refractivity contribution in [2.45, 2.75) is 44.8 Å². The van der Waals surface area contributed by atoms with Gasteiger partial charge in [-0.05, 0) is 25.0 Å². The first kappa shape index (κ1) is 18.1. The number of halogens is 1. The Labute approximate surface area is 159 Å². The van der Waals surface area contributed by atoms with E-state index in [2.05, 4.69) is 15.5 Å². The highest BCUT2D eigenvalue weighted by atomic mass is 32.1. The molecule has 0 saturated heterocycles. The number of rotatable bonds is 5. The molecule has 6 nitrogen and oxygen atoms in total. The molecule has 0 atom stereocenters. The van der Waals surface area contributed by atoms with Gasteiger partial charge >= 0.3 is 0 Å². The zero-order valence-electron chi connectivity index (χ0n) is 15.2. The molecule has 2 heterocycles. The number of benzene rings is 1. The Morgan fingerprint density at radius 3 is 2.85 bits per heavy atom. The Morgan fingerprint density at radius 2 is 2.19 bits per heavy atom. The van der Waals surface area contributed by atoms with Gasteiger partial charge in [-0.25, -0.2) is 4.39 Å². The van der Waals surface area contributed by atoms with E-state index in [1.807, 2.05) is 6.07 Å². The number of amides is 1. The number of carbonyl (C=O) groups excluding carboxylic acids is 1. The molecule has 0 radical (unpaired) electrons. The van der Waals surface area contributed by atoms with Gasteiger partial charge in [0.15, 0.2) is 5.82 Å². The standard InChI is InChI=1S/C19H20FN3O3S/c1-11-21-18(23-26-11)19(8-3-4-9-19)22-17(24)16-12(10-25-2)15-13(20)6-5-7-14(15)27-16/h5-7H,3-4,8-10H2,1-2H3,(H,22,24). The van der Waals surface area contributed by atoms with Gasteiger partial charge in [0, 0.05) is 29.7 Å². The summed E-state index contributed by atoms with van der Waals surface area (Å²) in [6.07, 6.45) is 3.44. The van der Waals surface area contributed by atoms with E-state index in [0.717, 1.165) is 30.4 Å². The Morgan fingerprint density at radius 1 is 1.41 bits per heavy atom. The summed E-state index contributed by atoms with van der Waals surface area (Å²) in [5.74, 6) is 0.368. The average Bonchev–Trinajstić information content (AvgIpc) is 3.35. The predicted molar refractivity (Wildman–Crippen MR) is 99.1 cm³/mol. The van der Waals surface area contributed by atoms with Crippen molar-refractivity contribution in [2.75, 3.05) is 7.11 Å². The van der Waals surface area contributed by atoms with Gasteiger partial charge in [-0.15, -0.1) is 11.3 Å². The van der Waals surface area contributed by atoms with Crippen LogP contribution in [0.15, 0.2) is 22.7 Å². The third kappa shape index (κ3) is 3.12. The maximum absolute atomic E-state index is 14.4. The number of methoxy groups -OCH3 is 1. The van der Waals surface area contributed by atoms with E-state index >= 15 is 0 Å². The van der Waals surface area contributed by atoms with Gasteiger partial charge in [0.25, 0.3) is 5.91 Å². The second-order valence-corrected chi connectivity index (χ2v) is 7.89. The summed E-state index contributed by atoms with van der Waals surface area (Å²) in [6.45, 7) is 1.89. The molecule has 3 aromatic rings. The molecular weight excluding hydrogens is 369 g/mol. The lowest BCUT2D eigenvalue weighted by Gasteiger charge is -2.26. The quantitative estimate of drug-likeness (QED) is 0.712. The Balaban J connectivity index is 1.74. The van der Waals surface area contributed by atoms with Crippen molar-refractivity contribution < 1.29 is 18.4 Å². The van der Waals surface area contributed by atoms with Crippen LogP contribution in [0, 0.1) is 12.7 Å². The number of thiophene rings is 1. The van der Waals surface area contributed by atoms with E-state index in [1.54, 1.807) is 13.0 Å². The topological polar surface area (TPSA) is 77.2 Å². The van der Waals surface area contributed by atoms with E-state index in [1.165, 1.54) is 24.5 Å². The smallest absolute Gasteiger partial charge is 0.262 e. The minimum Gasteiger partial charge on any atom is -0.380 e. The number of hydrogen-bond donors (Lipinski definition) is 1. The van der Waals surface area contributed by atoms with Crippen LogP contribution in [-0.4, -0.2) is 23.2 Å². The molecule has 1 amide bonds. The second kappa shape index (κ2) is 7.01. The van der Waals surface area contributed by atoms with E-state index in [9.17, 15) is 9.18 Å². The molecule has 142 valence electrons. The summed E-state index contributed by atoms with van der Waals surface area (Å²) in [6, 6.07) is 4.86. The van der Waals surface area contributed by atoms with Crippen molar-refractivity contribution >= 4 is 27.3 Å². The van der Waals surface area contributed by atoms with E-state index in [0.29, 0.717) is 27.5 Å². The number of fused-ring (bicyclic) bond motifs is 1. The van der Waals surface area contributed by atoms with Crippen molar-refractivity contribution in [3.63, 3.8) is 0 Å². The van der Waals surface area contributed by atoms with Crippen molar-refractivity contribution in [3.8, 4) is 0 Å². The Kier molecular flexibility index (Phi) is 4.69. The highest BCUT2D eigenvalue weighted by Gasteiger charge is 2.42. The fourth-order valence-corrected chi connectivity index (χ4v) is 4.90. The third-order valence-corrected chi connectivity index (χ3v) is 6.22. The number of carbonyl (C=O) groups is 1. The van der Waals surface area contributed by atoms with Gasteiger partial charge in [0.05, 0.1) is 11.5 Å². The van der Waals surface area contributed by atoms with Gasteiger partial charge in [0.1, 0.15) is 11.4 Å². The van der Waals surface area contributed by atoms with Crippen LogP contribution in [0.3, 0.4) is 0 Å². The molecule has 1 N–H and O–H groups in total. The fourth-order valence-electron chi connectivity index (χ4n) is 3.78. The molecule has 8 heteroatoms. The molecule has 2 aromatic heterocycles. The van der Waals surface area contributed by atoms with Gasteiger partial charge in [-0.3, -0.25) is 4.79 Å². The highest BCUT2D eigenvalue weighted by molar-refractivity contribution is 7.21. The first-order valence-electron chi connectivity index (χ1n) is 8.86. The molecule has 4 rings (SSSR count). The monoisotopic (exact) mass is 389 g/mol. The zero-order chi connectivity index (χ0) is 19.0. The van der Waals surface area contributed by atoms with Crippen LogP contribution in [0.2, 0.25) is 0 Å². The van der Waals surface area contributed by atoms with Gasteiger partial charge in [-0.1, -0.05) is 24.1 Å². The molecular formula is C19H20FN3O3S. The minimum absolute atomic E-state index is 0.165. The number of nitrogens with zero attached hydrogens (tertiary/aromatic N) is 2. The molecule has 0 aliphatic heterocycles. The lowest BCUT2D eigenvalue weighted by atomic mass is 9.96. The summed E-state index contributed by atoms with van der Waals surface area (Å²) in [5, 5.41) is 7.63. The maximum Gasteiger partial charge on any atom is 0.262 e. The van der Waals surface area contributed by atoms with E-state index in [-0.39, 0.29) is 18.3 Å². The average molecular weight is 389 g/mol. The van der Waals surface area contributed by atoms with E-state index in [4.69, 9.17) is 9.26 Å². The van der Waals surface area contributed by atoms with E-state index < -0.39 is 5.54 Å². The van der Waals surface area contributed by atoms with Crippen LogP contribution < -0.4 is 5.32 Å². The van der Waals surface area contributed by atoms with Crippen molar-refractivity contribution in [3.05, 3.63) is 46.2 Å². The number of aryl methyl sites for hydroxylation is 1. The molecule has 1 aliphatic rings. The van der Waals surface area contributed by atoms with Gasteiger partial charge in [-0.2, -0.15) is 4.98 Å². The zero-order valence-corrected chi connectivity index (χ0v) is 16.0. The van der Waals surface area contributed by atoms with Crippen LogP contribution in [0.4, 0.5) is 4.39 Å². The second-order valence-electron chi connectivity index (χ2n) is 6.84.